The van der Waals surface area contributed by atoms with Crippen LogP contribution in [0.15, 0.2) is 12.7 Å². The molecule has 1 atom stereocenters. The standard InChI is InChI=1S/C11H18N2O3/c1-3-7-12(4-2)11(16)13-8-5-6-9(13)10(14)15/h3,9H,1,4-8H2,2H3,(H,14,15)/t9-/m1/s1. The molecule has 2 amide bonds. The van der Waals surface area contributed by atoms with Gasteiger partial charge in [0.1, 0.15) is 6.04 Å². The summed E-state index contributed by atoms with van der Waals surface area (Å²) in [4.78, 5) is 26.0. The van der Waals surface area contributed by atoms with Crippen LogP contribution in [0.3, 0.4) is 0 Å². The molecule has 0 aromatic carbocycles. The zero-order valence-electron chi connectivity index (χ0n) is 9.56. The summed E-state index contributed by atoms with van der Waals surface area (Å²) >= 11 is 0. The van der Waals surface area contributed by atoms with Gasteiger partial charge in [0.2, 0.25) is 0 Å². The first kappa shape index (κ1) is 12.5. The third kappa shape index (κ3) is 2.53. The molecule has 0 spiro atoms. The zero-order valence-corrected chi connectivity index (χ0v) is 9.56. The molecule has 0 aromatic rings. The molecule has 1 N–H and O–H groups in total. The molecule has 1 aliphatic rings. The van der Waals surface area contributed by atoms with Gasteiger partial charge in [0.05, 0.1) is 0 Å². The van der Waals surface area contributed by atoms with E-state index in [1.807, 2.05) is 6.92 Å². The van der Waals surface area contributed by atoms with Gasteiger partial charge in [-0.05, 0) is 19.8 Å². The molecule has 1 aliphatic heterocycles. The Morgan fingerprint density at radius 3 is 2.81 bits per heavy atom. The van der Waals surface area contributed by atoms with Crippen LogP contribution < -0.4 is 0 Å². The Balaban J connectivity index is 2.71. The average Bonchev–Trinajstić information content (AvgIpc) is 2.73. The van der Waals surface area contributed by atoms with Crippen LogP contribution in [0.5, 0.6) is 0 Å². The summed E-state index contributed by atoms with van der Waals surface area (Å²) in [6.07, 6.45) is 2.95. The minimum Gasteiger partial charge on any atom is -0.480 e. The number of hydrogen-bond donors (Lipinski definition) is 1. The molecule has 90 valence electrons. The van der Waals surface area contributed by atoms with E-state index in [9.17, 15) is 9.59 Å². The molecular weight excluding hydrogens is 208 g/mol. The van der Waals surface area contributed by atoms with E-state index >= 15 is 0 Å². The van der Waals surface area contributed by atoms with Crippen LogP contribution in [0, 0.1) is 0 Å². The number of rotatable bonds is 4. The van der Waals surface area contributed by atoms with Gasteiger partial charge in [0.25, 0.3) is 0 Å². The molecule has 1 rings (SSSR count). The lowest BCUT2D eigenvalue weighted by atomic mass is 10.2. The third-order valence-electron chi connectivity index (χ3n) is 2.79. The SMILES string of the molecule is C=CCN(CC)C(=O)N1CCC[C@@H]1C(=O)O. The van der Waals surface area contributed by atoms with Gasteiger partial charge >= 0.3 is 12.0 Å². The average molecular weight is 226 g/mol. The summed E-state index contributed by atoms with van der Waals surface area (Å²) in [5, 5.41) is 8.98. The maximum atomic E-state index is 12.0. The second kappa shape index (κ2) is 5.53. The van der Waals surface area contributed by atoms with E-state index in [0.717, 1.165) is 6.42 Å². The van der Waals surface area contributed by atoms with Crippen LogP contribution in [0.1, 0.15) is 19.8 Å². The molecule has 1 fully saturated rings. The molecule has 0 radical (unpaired) electrons. The topological polar surface area (TPSA) is 60.9 Å². The van der Waals surface area contributed by atoms with E-state index in [4.69, 9.17) is 5.11 Å². The molecule has 0 aliphatic carbocycles. The van der Waals surface area contributed by atoms with Crippen molar-refractivity contribution in [3.05, 3.63) is 12.7 Å². The van der Waals surface area contributed by atoms with Crippen LogP contribution in [0.2, 0.25) is 0 Å². The second-order valence-corrected chi connectivity index (χ2v) is 3.80. The maximum Gasteiger partial charge on any atom is 0.326 e. The Morgan fingerprint density at radius 2 is 2.31 bits per heavy atom. The Bertz CT molecular complexity index is 291. The van der Waals surface area contributed by atoms with Crippen molar-refractivity contribution in [1.29, 1.82) is 0 Å². The van der Waals surface area contributed by atoms with E-state index < -0.39 is 12.0 Å². The molecule has 5 heteroatoms. The van der Waals surface area contributed by atoms with E-state index in [1.165, 1.54) is 4.90 Å². The highest BCUT2D eigenvalue weighted by atomic mass is 16.4. The van der Waals surface area contributed by atoms with E-state index in [1.54, 1.807) is 11.0 Å². The van der Waals surface area contributed by atoms with Gasteiger partial charge < -0.3 is 14.9 Å². The highest BCUT2D eigenvalue weighted by molar-refractivity contribution is 5.83. The van der Waals surface area contributed by atoms with Gasteiger partial charge in [-0.2, -0.15) is 0 Å². The molecular formula is C11H18N2O3. The summed E-state index contributed by atoms with van der Waals surface area (Å²) < 4.78 is 0. The van der Waals surface area contributed by atoms with E-state index in [-0.39, 0.29) is 6.03 Å². The first-order chi connectivity index (χ1) is 7.61. The van der Waals surface area contributed by atoms with E-state index in [2.05, 4.69) is 6.58 Å². The van der Waals surface area contributed by atoms with E-state index in [0.29, 0.717) is 26.1 Å². The van der Waals surface area contributed by atoms with Crippen molar-refractivity contribution in [1.82, 2.24) is 9.80 Å². The largest absolute Gasteiger partial charge is 0.480 e. The first-order valence-corrected chi connectivity index (χ1v) is 5.51. The van der Waals surface area contributed by atoms with Gasteiger partial charge in [0.15, 0.2) is 0 Å². The van der Waals surface area contributed by atoms with Crippen molar-refractivity contribution in [2.24, 2.45) is 0 Å². The molecule has 16 heavy (non-hydrogen) atoms. The molecule has 0 bridgehead atoms. The van der Waals surface area contributed by atoms with Gasteiger partial charge in [0, 0.05) is 19.6 Å². The summed E-state index contributed by atoms with van der Waals surface area (Å²) in [6, 6.07) is -0.862. The van der Waals surface area contributed by atoms with Crippen molar-refractivity contribution in [2.45, 2.75) is 25.8 Å². The lowest BCUT2D eigenvalue weighted by Crippen LogP contribution is -2.48. The minimum absolute atomic E-state index is 0.202. The summed E-state index contributed by atoms with van der Waals surface area (Å²) in [7, 11) is 0. The van der Waals surface area contributed by atoms with Crippen molar-refractivity contribution < 1.29 is 14.7 Å². The van der Waals surface area contributed by atoms with Crippen LogP contribution >= 0.6 is 0 Å². The number of carbonyl (C=O) groups excluding carboxylic acids is 1. The lowest BCUT2D eigenvalue weighted by molar-refractivity contribution is -0.141. The fraction of sp³-hybridized carbons (Fsp3) is 0.636. The number of carboxylic acids is 1. The van der Waals surface area contributed by atoms with Gasteiger partial charge in [-0.3, -0.25) is 0 Å². The quantitative estimate of drug-likeness (QED) is 0.732. The number of nitrogens with zero attached hydrogens (tertiary/aromatic N) is 2. The van der Waals surface area contributed by atoms with Crippen molar-refractivity contribution in [3.63, 3.8) is 0 Å². The summed E-state index contributed by atoms with van der Waals surface area (Å²) in [5.74, 6) is -0.916. The molecule has 1 saturated heterocycles. The number of likely N-dealkylation sites (tertiary alicyclic amines) is 1. The number of hydrogen-bond acceptors (Lipinski definition) is 2. The number of carbonyl (C=O) groups is 2. The Kier molecular flexibility index (Phi) is 4.34. The van der Waals surface area contributed by atoms with Gasteiger partial charge in [-0.1, -0.05) is 6.08 Å². The van der Waals surface area contributed by atoms with Crippen LogP contribution in [-0.4, -0.2) is 52.6 Å². The fourth-order valence-corrected chi connectivity index (χ4v) is 1.93. The Morgan fingerprint density at radius 1 is 1.62 bits per heavy atom. The van der Waals surface area contributed by atoms with Gasteiger partial charge in [-0.25, -0.2) is 9.59 Å². The molecule has 0 aromatic heterocycles. The maximum absolute atomic E-state index is 12.0. The first-order valence-electron chi connectivity index (χ1n) is 5.51. The number of amides is 2. The molecule has 0 unspecified atom stereocenters. The lowest BCUT2D eigenvalue weighted by Gasteiger charge is -2.28. The number of likely N-dealkylation sites (N-methyl/N-ethyl adjacent to an activating group) is 1. The number of aliphatic carboxylic acids is 1. The predicted octanol–water partition coefficient (Wildman–Crippen LogP) is 1.16. The summed E-state index contributed by atoms with van der Waals surface area (Å²) in [6.45, 7) is 7.00. The summed E-state index contributed by atoms with van der Waals surface area (Å²) in [5.41, 5.74) is 0. The highest BCUT2D eigenvalue weighted by Gasteiger charge is 2.35. The molecule has 1 heterocycles. The minimum atomic E-state index is -0.916. The smallest absolute Gasteiger partial charge is 0.326 e. The highest BCUT2D eigenvalue weighted by Crippen LogP contribution is 2.19. The Hall–Kier alpha value is -1.52. The van der Waals surface area contributed by atoms with Gasteiger partial charge in [-0.15, -0.1) is 6.58 Å². The predicted molar refractivity (Wildman–Crippen MR) is 60.2 cm³/mol. The molecule has 5 nitrogen and oxygen atoms in total. The number of carboxylic acid groups (broad SMARTS) is 1. The Labute approximate surface area is 95.3 Å². The molecule has 0 saturated carbocycles. The third-order valence-corrected chi connectivity index (χ3v) is 2.79. The van der Waals surface area contributed by atoms with Crippen LogP contribution in [0.4, 0.5) is 4.79 Å². The van der Waals surface area contributed by atoms with Crippen molar-refractivity contribution in [3.8, 4) is 0 Å². The zero-order chi connectivity index (χ0) is 12.1. The van der Waals surface area contributed by atoms with Crippen LogP contribution in [0.25, 0.3) is 0 Å². The monoisotopic (exact) mass is 226 g/mol. The number of urea groups is 1. The fourth-order valence-electron chi connectivity index (χ4n) is 1.93. The van der Waals surface area contributed by atoms with Crippen molar-refractivity contribution in [2.75, 3.05) is 19.6 Å². The van der Waals surface area contributed by atoms with Crippen LogP contribution in [-0.2, 0) is 4.79 Å². The second-order valence-electron chi connectivity index (χ2n) is 3.80. The normalized spacial score (nSPS) is 19.6. The van der Waals surface area contributed by atoms with Crippen molar-refractivity contribution >= 4 is 12.0 Å².